The Morgan fingerprint density at radius 2 is 1.77 bits per heavy atom. The van der Waals surface area contributed by atoms with E-state index in [1.54, 1.807) is 12.1 Å². The van der Waals surface area contributed by atoms with Crippen LogP contribution in [0.2, 0.25) is 0 Å². The van der Waals surface area contributed by atoms with Gasteiger partial charge < -0.3 is 14.5 Å². The Balaban J connectivity index is 1.67. The molecule has 158 valence electrons. The first-order chi connectivity index (χ1) is 14.1. The van der Waals surface area contributed by atoms with Crippen molar-refractivity contribution >= 4 is 21.6 Å². The summed E-state index contributed by atoms with van der Waals surface area (Å²) in [6.07, 6.45) is -3.41. The number of carbonyl (C=O) groups is 1. The highest BCUT2D eigenvalue weighted by atomic mass is 32.2. The predicted octanol–water partition coefficient (Wildman–Crippen LogP) is 3.91. The fraction of sp³-hybridized carbons (Fsp3) is 0.105. The largest absolute Gasteiger partial charge is 0.573 e. The molecule has 0 saturated heterocycles. The summed E-state index contributed by atoms with van der Waals surface area (Å²) >= 11 is 0. The molecule has 0 spiro atoms. The number of benzene rings is 2. The summed E-state index contributed by atoms with van der Waals surface area (Å²) in [7, 11) is -3.87. The van der Waals surface area contributed by atoms with Crippen molar-refractivity contribution in [1.82, 2.24) is 4.72 Å². The molecule has 30 heavy (non-hydrogen) atoms. The highest BCUT2D eigenvalue weighted by Gasteiger charge is 2.31. The molecular formula is C19H15F3N2O5S. The second-order valence-electron chi connectivity index (χ2n) is 5.96. The number of rotatable bonds is 7. The van der Waals surface area contributed by atoms with Crippen LogP contribution in [-0.2, 0) is 16.6 Å². The Morgan fingerprint density at radius 3 is 2.40 bits per heavy atom. The van der Waals surface area contributed by atoms with Crippen molar-refractivity contribution in [2.75, 3.05) is 5.32 Å². The number of amides is 1. The van der Waals surface area contributed by atoms with Gasteiger partial charge in [-0.15, -0.1) is 13.2 Å². The minimum atomic E-state index is -4.83. The van der Waals surface area contributed by atoms with Crippen LogP contribution in [-0.4, -0.2) is 20.7 Å². The summed E-state index contributed by atoms with van der Waals surface area (Å²) in [5.41, 5.74) is 0.255. The highest BCUT2D eigenvalue weighted by Crippen LogP contribution is 2.23. The zero-order valence-electron chi connectivity index (χ0n) is 15.1. The van der Waals surface area contributed by atoms with E-state index < -0.39 is 28.0 Å². The van der Waals surface area contributed by atoms with Gasteiger partial charge in [0.15, 0.2) is 0 Å². The Hall–Kier alpha value is -3.31. The first-order valence-corrected chi connectivity index (χ1v) is 9.90. The van der Waals surface area contributed by atoms with Crippen LogP contribution in [0.1, 0.15) is 16.1 Å². The molecule has 0 fully saturated rings. The molecule has 0 saturated carbocycles. The summed E-state index contributed by atoms with van der Waals surface area (Å²) in [6, 6.07) is 13.1. The fourth-order valence-corrected chi connectivity index (χ4v) is 3.45. The summed E-state index contributed by atoms with van der Waals surface area (Å²) < 4.78 is 72.6. The number of carbonyl (C=O) groups excluding carboxylic acids is 1. The maximum absolute atomic E-state index is 12.4. The van der Waals surface area contributed by atoms with E-state index in [2.05, 4.69) is 14.8 Å². The number of alkyl halides is 3. The molecule has 0 radical (unpaired) electrons. The fourth-order valence-electron chi connectivity index (χ4n) is 2.41. The lowest BCUT2D eigenvalue weighted by molar-refractivity contribution is -0.274. The van der Waals surface area contributed by atoms with Gasteiger partial charge in [-0.3, -0.25) is 4.79 Å². The van der Waals surface area contributed by atoms with Crippen molar-refractivity contribution in [1.29, 1.82) is 0 Å². The minimum absolute atomic E-state index is 0.0434. The molecule has 1 heterocycles. The van der Waals surface area contributed by atoms with Crippen molar-refractivity contribution in [3.63, 3.8) is 0 Å². The summed E-state index contributed by atoms with van der Waals surface area (Å²) in [4.78, 5) is 12.2. The third-order valence-electron chi connectivity index (χ3n) is 3.77. The van der Waals surface area contributed by atoms with Crippen LogP contribution in [0.25, 0.3) is 0 Å². The Labute approximate surface area is 169 Å². The van der Waals surface area contributed by atoms with Crippen LogP contribution >= 0.6 is 0 Å². The number of ether oxygens (including phenoxy) is 1. The van der Waals surface area contributed by atoms with E-state index in [9.17, 15) is 26.4 Å². The minimum Gasteiger partial charge on any atom is -0.468 e. The van der Waals surface area contributed by atoms with Gasteiger partial charge in [0.1, 0.15) is 11.5 Å². The zero-order chi connectivity index (χ0) is 21.8. The summed E-state index contributed by atoms with van der Waals surface area (Å²) in [5.74, 6) is -0.664. The third kappa shape index (κ3) is 5.84. The van der Waals surface area contributed by atoms with E-state index in [-0.39, 0.29) is 22.7 Å². The third-order valence-corrected chi connectivity index (χ3v) is 5.17. The Kier molecular flexibility index (Phi) is 6.13. The number of hydrogen-bond donors (Lipinski definition) is 2. The first kappa shape index (κ1) is 21.4. The van der Waals surface area contributed by atoms with Crippen LogP contribution in [0, 0.1) is 0 Å². The zero-order valence-corrected chi connectivity index (χ0v) is 16.0. The Morgan fingerprint density at radius 1 is 1.03 bits per heavy atom. The second-order valence-corrected chi connectivity index (χ2v) is 7.73. The van der Waals surface area contributed by atoms with Crippen molar-refractivity contribution in [3.05, 3.63) is 78.3 Å². The molecule has 3 rings (SSSR count). The second kappa shape index (κ2) is 8.59. The quantitative estimate of drug-likeness (QED) is 0.581. The molecule has 11 heteroatoms. The molecule has 2 N–H and O–H groups in total. The molecular weight excluding hydrogens is 425 g/mol. The van der Waals surface area contributed by atoms with E-state index in [1.807, 2.05) is 0 Å². The molecule has 0 aliphatic rings. The molecule has 7 nitrogen and oxygen atoms in total. The van der Waals surface area contributed by atoms with Crippen LogP contribution in [0.3, 0.4) is 0 Å². The Bertz CT molecular complexity index is 1110. The van der Waals surface area contributed by atoms with Crippen molar-refractivity contribution in [3.8, 4) is 5.75 Å². The summed E-state index contributed by atoms with van der Waals surface area (Å²) in [6.45, 7) is -0.0434. The molecule has 1 aromatic heterocycles. The highest BCUT2D eigenvalue weighted by molar-refractivity contribution is 7.89. The predicted molar refractivity (Wildman–Crippen MR) is 100 cm³/mol. The van der Waals surface area contributed by atoms with Crippen LogP contribution < -0.4 is 14.8 Å². The van der Waals surface area contributed by atoms with E-state index in [0.717, 1.165) is 24.3 Å². The smallest absolute Gasteiger partial charge is 0.468 e. The summed E-state index contributed by atoms with van der Waals surface area (Å²) in [5, 5.41) is 2.50. The van der Waals surface area contributed by atoms with Gasteiger partial charge in [-0.25, -0.2) is 13.1 Å². The van der Waals surface area contributed by atoms with Gasteiger partial charge in [0.25, 0.3) is 5.91 Å². The standard InChI is InChI=1S/C19H15F3N2O5S/c20-19(21,22)29-15-8-6-13(7-9-15)18(25)24-14-3-1-5-17(11-14)30(26,27)23-12-16-4-2-10-28-16/h1-11,23H,12H2,(H,24,25). The number of furan rings is 1. The molecule has 1 amide bonds. The molecule has 0 bridgehead atoms. The number of halogens is 3. The molecule has 0 unspecified atom stereocenters. The average Bonchev–Trinajstić information content (AvgIpc) is 3.20. The van der Waals surface area contributed by atoms with Gasteiger partial charge in [0.2, 0.25) is 10.0 Å². The van der Waals surface area contributed by atoms with Gasteiger partial charge in [0, 0.05) is 11.3 Å². The lowest BCUT2D eigenvalue weighted by Crippen LogP contribution is -2.23. The number of nitrogens with one attached hydrogen (secondary N) is 2. The first-order valence-electron chi connectivity index (χ1n) is 8.42. The van der Waals surface area contributed by atoms with Gasteiger partial charge >= 0.3 is 6.36 Å². The van der Waals surface area contributed by atoms with E-state index in [1.165, 1.54) is 30.5 Å². The topological polar surface area (TPSA) is 97.6 Å². The van der Waals surface area contributed by atoms with Crippen molar-refractivity contribution in [2.45, 2.75) is 17.8 Å². The molecule has 3 aromatic rings. The lowest BCUT2D eigenvalue weighted by Gasteiger charge is -2.10. The normalized spacial score (nSPS) is 11.8. The van der Waals surface area contributed by atoms with Crippen LogP contribution in [0.15, 0.2) is 76.2 Å². The molecule has 0 aliphatic heterocycles. The molecule has 0 aliphatic carbocycles. The number of anilines is 1. The van der Waals surface area contributed by atoms with E-state index in [4.69, 9.17) is 4.42 Å². The van der Waals surface area contributed by atoms with Crippen molar-refractivity contribution < 1.29 is 35.5 Å². The number of hydrogen-bond acceptors (Lipinski definition) is 5. The SMILES string of the molecule is O=C(Nc1cccc(S(=O)(=O)NCc2ccco2)c1)c1ccc(OC(F)(F)F)cc1. The molecule has 0 atom stereocenters. The number of sulfonamides is 1. The van der Waals surface area contributed by atoms with Gasteiger partial charge in [-0.1, -0.05) is 6.07 Å². The van der Waals surface area contributed by atoms with Gasteiger partial charge in [-0.2, -0.15) is 0 Å². The van der Waals surface area contributed by atoms with Crippen molar-refractivity contribution in [2.24, 2.45) is 0 Å². The lowest BCUT2D eigenvalue weighted by atomic mass is 10.2. The average molecular weight is 440 g/mol. The monoisotopic (exact) mass is 440 g/mol. The maximum Gasteiger partial charge on any atom is 0.573 e. The molecule has 2 aromatic carbocycles. The van der Waals surface area contributed by atoms with Crippen LogP contribution in [0.5, 0.6) is 5.75 Å². The van der Waals surface area contributed by atoms with Gasteiger partial charge in [0.05, 0.1) is 17.7 Å². The van der Waals surface area contributed by atoms with Gasteiger partial charge in [-0.05, 0) is 54.6 Å². The van der Waals surface area contributed by atoms with E-state index >= 15 is 0 Å². The maximum atomic E-state index is 12.4. The van der Waals surface area contributed by atoms with Crippen LogP contribution in [0.4, 0.5) is 18.9 Å². The van der Waals surface area contributed by atoms with E-state index in [0.29, 0.717) is 5.76 Å².